The van der Waals surface area contributed by atoms with Gasteiger partial charge in [0.1, 0.15) is 5.60 Å². The lowest BCUT2D eigenvalue weighted by Gasteiger charge is -2.30. The van der Waals surface area contributed by atoms with Crippen molar-refractivity contribution in [1.29, 1.82) is 0 Å². The van der Waals surface area contributed by atoms with Gasteiger partial charge in [-0.25, -0.2) is 9.97 Å². The van der Waals surface area contributed by atoms with E-state index in [0.717, 1.165) is 32.7 Å². The Bertz CT molecular complexity index is 461. The highest BCUT2D eigenvalue weighted by Crippen LogP contribution is 2.32. The minimum atomic E-state index is -0.241. The van der Waals surface area contributed by atoms with E-state index in [1.807, 2.05) is 0 Å². The first kappa shape index (κ1) is 15.6. The molecule has 0 unspecified atom stereocenters. The van der Waals surface area contributed by atoms with Crippen molar-refractivity contribution < 1.29 is 14.6 Å². The number of aliphatic hydroxyl groups excluding tert-OH is 1. The fraction of sp³-hybridized carbons (Fsp3) is 0.733. The molecular formula is C15H24N4O3. The van der Waals surface area contributed by atoms with Gasteiger partial charge in [0.05, 0.1) is 26.4 Å². The molecule has 2 N–H and O–H groups in total. The Morgan fingerprint density at radius 3 is 3.09 bits per heavy atom. The van der Waals surface area contributed by atoms with E-state index in [1.165, 1.54) is 0 Å². The summed E-state index contributed by atoms with van der Waals surface area (Å²) in [5.74, 6) is 1.07. The van der Waals surface area contributed by atoms with Crippen molar-refractivity contribution in [2.75, 3.05) is 57.9 Å². The highest BCUT2D eigenvalue weighted by atomic mass is 16.5. The molecule has 3 heterocycles. The number of hydrogen-bond donors (Lipinski definition) is 2. The van der Waals surface area contributed by atoms with Crippen molar-refractivity contribution in [2.45, 2.75) is 12.0 Å². The summed E-state index contributed by atoms with van der Waals surface area (Å²) in [6, 6.07) is 1.80. The Morgan fingerprint density at radius 1 is 1.41 bits per heavy atom. The van der Waals surface area contributed by atoms with Crippen LogP contribution in [0, 0.1) is 5.92 Å². The van der Waals surface area contributed by atoms with Crippen LogP contribution in [0.5, 0.6) is 0 Å². The third-order valence-electron chi connectivity index (χ3n) is 4.25. The smallest absolute Gasteiger partial charge is 0.222 e. The predicted octanol–water partition coefficient (Wildman–Crippen LogP) is -0.0117. The lowest BCUT2D eigenvalue weighted by Crippen LogP contribution is -2.45. The molecule has 1 spiro atoms. The first-order valence-electron chi connectivity index (χ1n) is 7.85. The molecule has 1 aromatic heterocycles. The molecule has 0 saturated carbocycles. The summed E-state index contributed by atoms with van der Waals surface area (Å²) in [6.45, 7) is 5.38. The summed E-state index contributed by atoms with van der Waals surface area (Å²) in [4.78, 5) is 10.6. The van der Waals surface area contributed by atoms with Crippen LogP contribution in [-0.2, 0) is 9.47 Å². The molecule has 0 radical (unpaired) electrons. The first-order chi connectivity index (χ1) is 10.8. The van der Waals surface area contributed by atoms with Gasteiger partial charge in [-0.05, 0) is 12.5 Å². The van der Waals surface area contributed by atoms with Gasteiger partial charge in [0.2, 0.25) is 5.95 Å². The first-order valence-corrected chi connectivity index (χ1v) is 7.85. The average molecular weight is 308 g/mol. The molecule has 122 valence electrons. The second kappa shape index (κ2) is 7.32. The molecule has 0 aromatic carbocycles. The van der Waals surface area contributed by atoms with Crippen LogP contribution in [0.1, 0.15) is 6.42 Å². The van der Waals surface area contributed by atoms with E-state index in [0.29, 0.717) is 31.6 Å². The monoisotopic (exact) mass is 308 g/mol. The van der Waals surface area contributed by atoms with Crippen LogP contribution < -0.4 is 5.32 Å². The zero-order valence-electron chi connectivity index (χ0n) is 12.8. The lowest BCUT2D eigenvalue weighted by molar-refractivity contribution is -0.0563. The second-order valence-electron chi connectivity index (χ2n) is 6.07. The van der Waals surface area contributed by atoms with Gasteiger partial charge >= 0.3 is 0 Å². The topological polar surface area (TPSA) is 79.7 Å². The minimum absolute atomic E-state index is 0.173. The maximum atomic E-state index is 9.16. The zero-order valence-corrected chi connectivity index (χ0v) is 12.8. The normalized spacial score (nSPS) is 29.6. The SMILES string of the molecule is OCCN1CCOC[C@@]2(C[C@H](CNc3ncccn3)CO2)C1. The van der Waals surface area contributed by atoms with Crippen molar-refractivity contribution in [3.8, 4) is 0 Å². The number of aromatic nitrogens is 2. The van der Waals surface area contributed by atoms with E-state index in [2.05, 4.69) is 20.2 Å². The van der Waals surface area contributed by atoms with Gasteiger partial charge in [-0.15, -0.1) is 0 Å². The van der Waals surface area contributed by atoms with Gasteiger partial charge < -0.3 is 19.9 Å². The molecule has 1 aromatic rings. The molecule has 2 aliphatic heterocycles. The van der Waals surface area contributed by atoms with Gasteiger partial charge in [-0.2, -0.15) is 0 Å². The molecule has 2 saturated heterocycles. The van der Waals surface area contributed by atoms with Crippen molar-refractivity contribution >= 4 is 5.95 Å². The molecular weight excluding hydrogens is 284 g/mol. The van der Waals surface area contributed by atoms with Gasteiger partial charge in [0.15, 0.2) is 0 Å². The highest BCUT2D eigenvalue weighted by molar-refractivity contribution is 5.22. The van der Waals surface area contributed by atoms with Gasteiger partial charge in [0, 0.05) is 44.5 Å². The summed E-state index contributed by atoms with van der Waals surface area (Å²) in [5, 5.41) is 12.4. The molecule has 2 aliphatic rings. The van der Waals surface area contributed by atoms with Gasteiger partial charge in [0.25, 0.3) is 0 Å². The van der Waals surface area contributed by atoms with E-state index >= 15 is 0 Å². The van der Waals surface area contributed by atoms with Crippen LogP contribution in [0.4, 0.5) is 5.95 Å². The molecule has 2 atom stereocenters. The third-order valence-corrected chi connectivity index (χ3v) is 4.25. The number of β-amino-alcohol motifs (C(OH)–C–C–N with tert-alkyl or cyclic N) is 1. The number of rotatable bonds is 5. The van der Waals surface area contributed by atoms with Crippen molar-refractivity contribution in [1.82, 2.24) is 14.9 Å². The average Bonchev–Trinajstić information content (AvgIpc) is 2.82. The predicted molar refractivity (Wildman–Crippen MR) is 81.7 cm³/mol. The summed E-state index contributed by atoms with van der Waals surface area (Å²) in [6.07, 6.45) is 4.41. The number of nitrogens with zero attached hydrogens (tertiary/aromatic N) is 3. The minimum Gasteiger partial charge on any atom is -0.395 e. The van der Waals surface area contributed by atoms with E-state index in [4.69, 9.17) is 14.6 Å². The zero-order chi connectivity index (χ0) is 15.3. The Labute approximate surface area is 130 Å². The number of nitrogens with one attached hydrogen (secondary N) is 1. The molecule has 22 heavy (non-hydrogen) atoms. The van der Waals surface area contributed by atoms with E-state index < -0.39 is 0 Å². The van der Waals surface area contributed by atoms with E-state index in [1.54, 1.807) is 18.5 Å². The molecule has 3 rings (SSSR count). The van der Waals surface area contributed by atoms with Crippen LogP contribution in [0.15, 0.2) is 18.5 Å². The van der Waals surface area contributed by atoms with Crippen LogP contribution in [-0.4, -0.2) is 78.2 Å². The van der Waals surface area contributed by atoms with E-state index in [9.17, 15) is 0 Å². The van der Waals surface area contributed by atoms with Gasteiger partial charge in [-0.3, -0.25) is 4.90 Å². The maximum Gasteiger partial charge on any atom is 0.222 e. The molecule has 2 fully saturated rings. The highest BCUT2D eigenvalue weighted by Gasteiger charge is 2.43. The molecule has 0 amide bonds. The Kier molecular flexibility index (Phi) is 5.20. The standard InChI is InChI=1S/C15H24N4O3/c20-6-4-19-5-7-21-12-15(11-19)8-13(10-22-15)9-18-14-16-2-1-3-17-14/h1-3,13,20H,4-12H2,(H,16,17,18)/t13-,15-/m1/s1. The largest absolute Gasteiger partial charge is 0.395 e. The summed E-state index contributed by atoms with van der Waals surface area (Å²) in [7, 11) is 0. The lowest BCUT2D eigenvalue weighted by atomic mass is 9.94. The Balaban J connectivity index is 1.53. The molecule has 0 aliphatic carbocycles. The summed E-state index contributed by atoms with van der Waals surface area (Å²) >= 11 is 0. The van der Waals surface area contributed by atoms with Crippen LogP contribution >= 0.6 is 0 Å². The molecule has 7 heteroatoms. The van der Waals surface area contributed by atoms with Crippen LogP contribution in [0.2, 0.25) is 0 Å². The van der Waals surface area contributed by atoms with Crippen LogP contribution in [0.3, 0.4) is 0 Å². The number of anilines is 1. The molecule has 7 nitrogen and oxygen atoms in total. The quantitative estimate of drug-likeness (QED) is 0.792. The fourth-order valence-corrected chi connectivity index (χ4v) is 3.22. The number of ether oxygens (including phenoxy) is 2. The summed E-state index contributed by atoms with van der Waals surface area (Å²) in [5.41, 5.74) is -0.241. The van der Waals surface area contributed by atoms with Crippen molar-refractivity contribution in [2.24, 2.45) is 5.92 Å². The maximum absolute atomic E-state index is 9.16. The fourth-order valence-electron chi connectivity index (χ4n) is 3.22. The van der Waals surface area contributed by atoms with E-state index in [-0.39, 0.29) is 12.2 Å². The van der Waals surface area contributed by atoms with Gasteiger partial charge in [-0.1, -0.05) is 0 Å². The Morgan fingerprint density at radius 2 is 2.27 bits per heavy atom. The number of aliphatic hydroxyl groups is 1. The molecule has 0 bridgehead atoms. The summed E-state index contributed by atoms with van der Waals surface area (Å²) < 4.78 is 11.8. The number of hydrogen-bond acceptors (Lipinski definition) is 7. The van der Waals surface area contributed by atoms with Crippen molar-refractivity contribution in [3.63, 3.8) is 0 Å². The van der Waals surface area contributed by atoms with Crippen molar-refractivity contribution in [3.05, 3.63) is 18.5 Å². The third kappa shape index (κ3) is 3.92. The van der Waals surface area contributed by atoms with Crippen LogP contribution in [0.25, 0.3) is 0 Å². The Hall–Kier alpha value is -1.28. The second-order valence-corrected chi connectivity index (χ2v) is 6.07.